The quantitative estimate of drug-likeness (QED) is 0.721. The molecule has 1 unspecified atom stereocenters. The zero-order valence-corrected chi connectivity index (χ0v) is 8.05. The van der Waals surface area contributed by atoms with Gasteiger partial charge < -0.3 is 14.6 Å². The molecule has 0 spiro atoms. The SMILES string of the molecule is CN1CCC(C(=O)O)(n2ccnc2)C1. The van der Waals surface area contributed by atoms with Crippen molar-refractivity contribution >= 4 is 5.97 Å². The number of hydrogen-bond donors (Lipinski definition) is 1. The van der Waals surface area contributed by atoms with Gasteiger partial charge in [0.1, 0.15) is 0 Å². The summed E-state index contributed by atoms with van der Waals surface area (Å²) in [5.41, 5.74) is -0.814. The minimum Gasteiger partial charge on any atom is -0.479 e. The zero-order valence-electron chi connectivity index (χ0n) is 8.05. The number of nitrogens with zero attached hydrogens (tertiary/aromatic N) is 3. The van der Waals surface area contributed by atoms with Gasteiger partial charge in [-0.15, -0.1) is 0 Å². The maximum absolute atomic E-state index is 11.3. The number of carboxylic acid groups (broad SMARTS) is 1. The Balaban J connectivity index is 2.38. The van der Waals surface area contributed by atoms with Crippen LogP contribution in [0.1, 0.15) is 6.42 Å². The van der Waals surface area contributed by atoms with Gasteiger partial charge in [0.25, 0.3) is 0 Å². The molecular weight excluding hydrogens is 182 g/mol. The van der Waals surface area contributed by atoms with Crippen LogP contribution >= 0.6 is 0 Å². The van der Waals surface area contributed by atoms with Gasteiger partial charge in [0.15, 0.2) is 5.54 Å². The zero-order chi connectivity index (χ0) is 10.2. The number of carbonyl (C=O) groups is 1. The number of aliphatic carboxylic acids is 1. The fourth-order valence-corrected chi connectivity index (χ4v) is 1.99. The monoisotopic (exact) mass is 195 g/mol. The van der Waals surface area contributed by atoms with Gasteiger partial charge in [0, 0.05) is 25.5 Å². The van der Waals surface area contributed by atoms with Crippen LogP contribution in [0.25, 0.3) is 0 Å². The van der Waals surface area contributed by atoms with E-state index in [2.05, 4.69) is 4.98 Å². The first-order valence-corrected chi connectivity index (χ1v) is 4.55. The number of rotatable bonds is 2. The van der Waals surface area contributed by atoms with E-state index in [9.17, 15) is 9.90 Å². The lowest BCUT2D eigenvalue weighted by molar-refractivity contribution is -0.146. The Labute approximate surface area is 82.0 Å². The van der Waals surface area contributed by atoms with Crippen molar-refractivity contribution in [3.63, 3.8) is 0 Å². The maximum atomic E-state index is 11.3. The van der Waals surface area contributed by atoms with Crippen LogP contribution in [0, 0.1) is 0 Å². The van der Waals surface area contributed by atoms with Gasteiger partial charge in [-0.25, -0.2) is 9.78 Å². The van der Waals surface area contributed by atoms with Crippen LogP contribution in [0.15, 0.2) is 18.7 Å². The van der Waals surface area contributed by atoms with E-state index in [0.29, 0.717) is 13.0 Å². The van der Waals surface area contributed by atoms with Gasteiger partial charge in [-0.3, -0.25) is 0 Å². The van der Waals surface area contributed by atoms with E-state index >= 15 is 0 Å². The fourth-order valence-electron chi connectivity index (χ4n) is 1.99. The lowest BCUT2D eigenvalue weighted by Crippen LogP contribution is -2.43. The van der Waals surface area contributed by atoms with Crippen molar-refractivity contribution in [1.29, 1.82) is 0 Å². The number of likely N-dealkylation sites (N-methyl/N-ethyl adjacent to an activating group) is 1. The molecular formula is C9H13N3O2. The molecule has 1 aliphatic rings. The first kappa shape index (κ1) is 9.21. The van der Waals surface area contributed by atoms with Gasteiger partial charge in [0.05, 0.1) is 6.33 Å². The molecule has 0 radical (unpaired) electrons. The third-order valence-electron chi connectivity index (χ3n) is 2.84. The highest BCUT2D eigenvalue weighted by Crippen LogP contribution is 2.28. The molecule has 2 rings (SSSR count). The second-order valence-electron chi connectivity index (χ2n) is 3.79. The Morgan fingerprint density at radius 3 is 2.86 bits per heavy atom. The second-order valence-corrected chi connectivity index (χ2v) is 3.79. The molecule has 0 bridgehead atoms. The molecule has 0 saturated carbocycles. The first-order valence-electron chi connectivity index (χ1n) is 4.55. The lowest BCUT2D eigenvalue weighted by atomic mass is 9.99. The summed E-state index contributed by atoms with van der Waals surface area (Å²) in [4.78, 5) is 17.2. The minimum absolute atomic E-state index is 0.540. The average Bonchev–Trinajstić information content (AvgIpc) is 2.71. The topological polar surface area (TPSA) is 58.4 Å². The molecule has 1 aromatic heterocycles. The van der Waals surface area contributed by atoms with E-state index in [-0.39, 0.29) is 0 Å². The molecule has 5 heteroatoms. The molecule has 0 aromatic carbocycles. The smallest absolute Gasteiger partial charge is 0.331 e. The second kappa shape index (κ2) is 3.09. The van der Waals surface area contributed by atoms with Crippen molar-refractivity contribution in [1.82, 2.24) is 14.5 Å². The summed E-state index contributed by atoms with van der Waals surface area (Å²) in [6.07, 6.45) is 5.54. The van der Waals surface area contributed by atoms with Gasteiger partial charge >= 0.3 is 5.97 Å². The number of hydrogen-bond acceptors (Lipinski definition) is 3. The Morgan fingerprint density at radius 1 is 1.64 bits per heavy atom. The van der Waals surface area contributed by atoms with Crippen molar-refractivity contribution in [3.05, 3.63) is 18.7 Å². The third kappa shape index (κ3) is 1.21. The lowest BCUT2D eigenvalue weighted by Gasteiger charge is -2.25. The molecule has 0 aliphatic carbocycles. The average molecular weight is 195 g/mol. The van der Waals surface area contributed by atoms with E-state index in [4.69, 9.17) is 0 Å². The van der Waals surface area contributed by atoms with E-state index < -0.39 is 11.5 Å². The molecule has 2 heterocycles. The minimum atomic E-state index is -0.814. The fraction of sp³-hybridized carbons (Fsp3) is 0.556. The molecule has 1 N–H and O–H groups in total. The van der Waals surface area contributed by atoms with Gasteiger partial charge in [-0.2, -0.15) is 0 Å². The predicted octanol–water partition coefficient (Wildman–Crippen LogP) is -0.00150. The van der Waals surface area contributed by atoms with Crippen LogP contribution in [0.5, 0.6) is 0 Å². The van der Waals surface area contributed by atoms with Crippen molar-refractivity contribution in [2.75, 3.05) is 20.1 Å². The van der Waals surface area contributed by atoms with E-state index in [1.54, 1.807) is 23.3 Å². The van der Waals surface area contributed by atoms with Gasteiger partial charge in [0.2, 0.25) is 0 Å². The summed E-state index contributed by atoms with van der Waals surface area (Å²) in [6, 6.07) is 0. The number of carboxylic acids is 1. The Hall–Kier alpha value is -1.36. The molecule has 1 aliphatic heterocycles. The summed E-state index contributed by atoms with van der Waals surface area (Å²) in [5.74, 6) is -0.778. The van der Waals surface area contributed by atoms with Crippen LogP contribution in [-0.2, 0) is 10.3 Å². The highest BCUT2D eigenvalue weighted by molar-refractivity contribution is 5.77. The molecule has 1 fully saturated rings. The van der Waals surface area contributed by atoms with Crippen LogP contribution in [0.3, 0.4) is 0 Å². The third-order valence-corrected chi connectivity index (χ3v) is 2.84. The van der Waals surface area contributed by atoms with E-state index in [1.165, 1.54) is 0 Å². The molecule has 76 valence electrons. The van der Waals surface area contributed by atoms with Crippen molar-refractivity contribution in [2.45, 2.75) is 12.0 Å². The number of likely N-dealkylation sites (tertiary alicyclic amines) is 1. The van der Waals surface area contributed by atoms with Gasteiger partial charge in [-0.05, 0) is 13.5 Å². The van der Waals surface area contributed by atoms with Crippen LogP contribution in [-0.4, -0.2) is 45.7 Å². The summed E-state index contributed by atoms with van der Waals surface area (Å²) in [7, 11) is 1.93. The summed E-state index contributed by atoms with van der Waals surface area (Å²) in [6.45, 7) is 1.35. The Morgan fingerprint density at radius 2 is 2.43 bits per heavy atom. The van der Waals surface area contributed by atoms with Gasteiger partial charge in [-0.1, -0.05) is 0 Å². The summed E-state index contributed by atoms with van der Waals surface area (Å²) in [5, 5.41) is 9.28. The molecule has 14 heavy (non-hydrogen) atoms. The first-order chi connectivity index (χ1) is 6.65. The molecule has 1 aromatic rings. The van der Waals surface area contributed by atoms with Crippen LogP contribution in [0.4, 0.5) is 0 Å². The van der Waals surface area contributed by atoms with Crippen LogP contribution in [0.2, 0.25) is 0 Å². The van der Waals surface area contributed by atoms with Crippen molar-refractivity contribution in [2.24, 2.45) is 0 Å². The van der Waals surface area contributed by atoms with E-state index in [1.807, 2.05) is 11.9 Å². The summed E-state index contributed by atoms with van der Waals surface area (Å²) >= 11 is 0. The highest BCUT2D eigenvalue weighted by Gasteiger charge is 2.45. The number of imidazole rings is 1. The standard InChI is InChI=1S/C9H13N3O2/c1-11-4-2-9(6-11,8(13)14)12-5-3-10-7-12/h3,5,7H,2,4,6H2,1H3,(H,13,14). The maximum Gasteiger partial charge on any atom is 0.331 e. The van der Waals surface area contributed by atoms with E-state index in [0.717, 1.165) is 6.54 Å². The molecule has 1 saturated heterocycles. The van der Waals surface area contributed by atoms with Crippen molar-refractivity contribution < 1.29 is 9.90 Å². The van der Waals surface area contributed by atoms with Crippen LogP contribution < -0.4 is 0 Å². The molecule has 5 nitrogen and oxygen atoms in total. The number of aromatic nitrogens is 2. The normalized spacial score (nSPS) is 28.1. The Kier molecular flexibility index (Phi) is 2.03. The Bertz CT molecular complexity index is 336. The largest absolute Gasteiger partial charge is 0.479 e. The predicted molar refractivity (Wildman–Crippen MR) is 50.0 cm³/mol. The molecule has 1 atom stereocenters. The molecule has 0 amide bonds. The van der Waals surface area contributed by atoms with Crippen molar-refractivity contribution in [3.8, 4) is 0 Å². The highest BCUT2D eigenvalue weighted by atomic mass is 16.4. The summed E-state index contributed by atoms with van der Waals surface area (Å²) < 4.78 is 1.69.